The maximum atomic E-state index is 12.7. The molecule has 9 heteroatoms. The third-order valence-electron chi connectivity index (χ3n) is 4.17. The summed E-state index contributed by atoms with van der Waals surface area (Å²) >= 11 is 3.33. The number of nitrogens with one attached hydrogen (secondary N) is 3. The molecule has 1 atom stereocenters. The SMILES string of the molecule is CC1CCCOc2ncc(Br)cc2C(=O)Nc2cccc(n2)C(=N)N1C=N. The van der Waals surface area contributed by atoms with Crippen molar-refractivity contribution in [2.45, 2.75) is 25.8 Å². The van der Waals surface area contributed by atoms with Gasteiger partial charge in [-0.2, -0.15) is 0 Å². The van der Waals surface area contributed by atoms with Gasteiger partial charge in [0.2, 0.25) is 5.88 Å². The zero-order valence-corrected chi connectivity index (χ0v) is 16.3. The molecule has 0 aliphatic carbocycles. The highest BCUT2D eigenvalue weighted by Crippen LogP contribution is 2.22. The molecule has 0 radical (unpaired) electrons. The van der Waals surface area contributed by atoms with Gasteiger partial charge in [0.05, 0.1) is 12.9 Å². The molecule has 3 N–H and O–H groups in total. The largest absolute Gasteiger partial charge is 0.477 e. The van der Waals surface area contributed by atoms with Crippen molar-refractivity contribution in [3.63, 3.8) is 0 Å². The van der Waals surface area contributed by atoms with Gasteiger partial charge in [0.25, 0.3) is 5.91 Å². The number of hydrogen-bond donors (Lipinski definition) is 3. The molecule has 2 bridgehead atoms. The second-order valence-electron chi connectivity index (χ2n) is 6.09. The number of ether oxygens (including phenoxy) is 1. The molecule has 0 fully saturated rings. The summed E-state index contributed by atoms with van der Waals surface area (Å²) in [6.45, 7) is 2.32. The van der Waals surface area contributed by atoms with Crippen LogP contribution in [0.4, 0.5) is 5.82 Å². The smallest absolute Gasteiger partial charge is 0.262 e. The van der Waals surface area contributed by atoms with E-state index in [4.69, 9.17) is 15.6 Å². The minimum absolute atomic E-state index is 0.0704. The van der Waals surface area contributed by atoms with Gasteiger partial charge in [0.15, 0.2) is 5.84 Å². The topological polar surface area (TPSA) is 115 Å². The van der Waals surface area contributed by atoms with Gasteiger partial charge in [-0.1, -0.05) is 6.07 Å². The summed E-state index contributed by atoms with van der Waals surface area (Å²) in [5.41, 5.74) is 0.682. The number of amides is 1. The van der Waals surface area contributed by atoms with Gasteiger partial charge < -0.3 is 15.0 Å². The third kappa shape index (κ3) is 4.30. The molecule has 0 saturated heterocycles. The first-order chi connectivity index (χ1) is 13.0. The second kappa shape index (κ2) is 8.26. The predicted octanol–water partition coefficient (Wildman–Crippen LogP) is 3.29. The monoisotopic (exact) mass is 430 g/mol. The van der Waals surface area contributed by atoms with E-state index in [0.29, 0.717) is 41.0 Å². The van der Waals surface area contributed by atoms with Crippen LogP contribution in [0.2, 0.25) is 0 Å². The first kappa shape index (κ1) is 19.0. The molecule has 27 heavy (non-hydrogen) atoms. The quantitative estimate of drug-likeness (QED) is 0.474. The minimum atomic E-state index is -0.399. The molecule has 0 spiro atoms. The fourth-order valence-electron chi connectivity index (χ4n) is 2.76. The molecule has 3 heterocycles. The Bertz CT molecular complexity index is 888. The number of anilines is 1. The number of amidine groups is 1. The summed E-state index contributed by atoms with van der Waals surface area (Å²) in [6.07, 6.45) is 4.09. The maximum Gasteiger partial charge on any atom is 0.262 e. The maximum absolute atomic E-state index is 12.7. The summed E-state index contributed by atoms with van der Waals surface area (Å²) in [5, 5.41) is 18.8. The number of nitrogens with zero attached hydrogens (tertiary/aromatic N) is 3. The molecule has 8 nitrogen and oxygen atoms in total. The van der Waals surface area contributed by atoms with E-state index in [1.807, 2.05) is 6.92 Å². The molecule has 0 saturated carbocycles. The van der Waals surface area contributed by atoms with Crippen LogP contribution in [0.25, 0.3) is 0 Å². The molecular formula is C18H19BrN6O2. The first-order valence-electron chi connectivity index (χ1n) is 8.44. The number of rotatable bonds is 1. The Morgan fingerprint density at radius 2 is 2.26 bits per heavy atom. The number of carbonyl (C=O) groups excluding carboxylic acids is 1. The average Bonchev–Trinajstić information content (AvgIpc) is 2.66. The van der Waals surface area contributed by atoms with E-state index in [2.05, 4.69) is 31.2 Å². The predicted molar refractivity (Wildman–Crippen MR) is 106 cm³/mol. The van der Waals surface area contributed by atoms with Crippen LogP contribution in [0, 0.1) is 10.8 Å². The molecule has 1 amide bonds. The van der Waals surface area contributed by atoms with E-state index in [9.17, 15) is 4.79 Å². The molecular weight excluding hydrogens is 412 g/mol. The average molecular weight is 431 g/mol. The van der Waals surface area contributed by atoms with Crippen molar-refractivity contribution in [2.75, 3.05) is 11.9 Å². The van der Waals surface area contributed by atoms with Crippen molar-refractivity contribution in [2.24, 2.45) is 0 Å². The number of halogens is 1. The Morgan fingerprint density at radius 3 is 3.04 bits per heavy atom. The Balaban J connectivity index is 2.01. The van der Waals surface area contributed by atoms with Crippen LogP contribution in [-0.2, 0) is 0 Å². The van der Waals surface area contributed by atoms with E-state index in [-0.39, 0.29) is 17.8 Å². The lowest BCUT2D eigenvalue weighted by atomic mass is 10.1. The first-order valence-corrected chi connectivity index (χ1v) is 9.23. The lowest BCUT2D eigenvalue weighted by molar-refractivity contribution is 0.102. The number of pyridine rings is 2. The Hall–Kier alpha value is -2.81. The van der Waals surface area contributed by atoms with Crippen LogP contribution in [-0.4, -0.2) is 45.6 Å². The number of fused-ring (bicyclic) bond motifs is 3. The number of aromatic nitrogens is 2. The molecule has 2 aromatic heterocycles. The van der Waals surface area contributed by atoms with Gasteiger partial charge >= 0.3 is 0 Å². The zero-order chi connectivity index (χ0) is 19.4. The van der Waals surface area contributed by atoms with Crippen LogP contribution >= 0.6 is 15.9 Å². The van der Waals surface area contributed by atoms with E-state index in [0.717, 1.165) is 6.34 Å². The highest BCUT2D eigenvalue weighted by atomic mass is 79.9. The second-order valence-corrected chi connectivity index (χ2v) is 7.01. The molecule has 3 rings (SSSR count). The Morgan fingerprint density at radius 1 is 1.44 bits per heavy atom. The molecule has 1 aliphatic rings. The van der Waals surface area contributed by atoms with Crippen LogP contribution in [0.5, 0.6) is 5.88 Å². The van der Waals surface area contributed by atoms with Gasteiger partial charge in [0.1, 0.15) is 17.1 Å². The summed E-state index contributed by atoms with van der Waals surface area (Å²) in [6, 6.07) is 6.61. The standard InChI is InChI=1S/C18H19BrN6O2/c1-11-4-3-7-27-18-13(8-12(19)9-22-18)17(26)24-15-6-2-5-14(23-15)16(21)25(11)10-20/h2,5-6,8-11,20-21H,3-4,7H2,1H3,(H,23,24,26). The summed E-state index contributed by atoms with van der Waals surface area (Å²) < 4.78 is 6.38. The molecule has 0 aromatic carbocycles. The van der Waals surface area contributed by atoms with Crippen LogP contribution in [0.15, 0.2) is 34.9 Å². The van der Waals surface area contributed by atoms with Crippen LogP contribution in [0.1, 0.15) is 35.8 Å². The van der Waals surface area contributed by atoms with Crippen molar-refractivity contribution in [1.29, 1.82) is 10.8 Å². The van der Waals surface area contributed by atoms with E-state index < -0.39 is 5.91 Å². The lowest BCUT2D eigenvalue weighted by Crippen LogP contribution is -2.38. The fourth-order valence-corrected chi connectivity index (χ4v) is 3.09. The van der Waals surface area contributed by atoms with Gasteiger partial charge in [0, 0.05) is 16.7 Å². The van der Waals surface area contributed by atoms with E-state index in [1.54, 1.807) is 35.4 Å². The number of carbonyl (C=O) groups is 1. The highest BCUT2D eigenvalue weighted by molar-refractivity contribution is 9.10. The van der Waals surface area contributed by atoms with Gasteiger partial charge in [-0.15, -0.1) is 0 Å². The van der Waals surface area contributed by atoms with Crippen molar-refractivity contribution in [1.82, 2.24) is 14.9 Å². The summed E-state index contributed by atoms with van der Waals surface area (Å²) in [4.78, 5) is 22.8. The Kier molecular flexibility index (Phi) is 5.80. The minimum Gasteiger partial charge on any atom is -0.477 e. The third-order valence-corrected chi connectivity index (χ3v) is 4.61. The highest BCUT2D eigenvalue weighted by Gasteiger charge is 2.20. The zero-order valence-electron chi connectivity index (χ0n) is 14.7. The normalized spacial score (nSPS) is 18.0. The van der Waals surface area contributed by atoms with Crippen molar-refractivity contribution >= 4 is 39.8 Å². The van der Waals surface area contributed by atoms with Crippen molar-refractivity contribution in [3.05, 3.63) is 46.2 Å². The molecule has 1 unspecified atom stereocenters. The summed E-state index contributed by atoms with van der Waals surface area (Å²) in [5.74, 6) is 0.275. The van der Waals surface area contributed by atoms with Gasteiger partial charge in [-0.05, 0) is 53.9 Å². The summed E-state index contributed by atoms with van der Waals surface area (Å²) in [7, 11) is 0. The number of hydrogen-bond acceptors (Lipinski definition) is 6. The van der Waals surface area contributed by atoms with Gasteiger partial charge in [-0.25, -0.2) is 9.97 Å². The van der Waals surface area contributed by atoms with Crippen LogP contribution < -0.4 is 10.1 Å². The van der Waals surface area contributed by atoms with E-state index in [1.165, 1.54) is 0 Å². The lowest BCUT2D eigenvalue weighted by Gasteiger charge is -2.27. The van der Waals surface area contributed by atoms with Crippen molar-refractivity contribution < 1.29 is 9.53 Å². The fraction of sp³-hybridized carbons (Fsp3) is 0.278. The van der Waals surface area contributed by atoms with Gasteiger partial charge in [-0.3, -0.25) is 15.6 Å². The van der Waals surface area contributed by atoms with E-state index >= 15 is 0 Å². The van der Waals surface area contributed by atoms with Crippen molar-refractivity contribution in [3.8, 4) is 5.88 Å². The molecule has 1 aliphatic heterocycles. The van der Waals surface area contributed by atoms with Crippen LogP contribution in [0.3, 0.4) is 0 Å². The Labute approximate surface area is 165 Å². The molecule has 2 aromatic rings. The molecule has 140 valence electrons.